The van der Waals surface area contributed by atoms with Gasteiger partial charge in [-0.1, -0.05) is 12.1 Å². The van der Waals surface area contributed by atoms with Gasteiger partial charge in [-0.15, -0.1) is 10.2 Å². The monoisotopic (exact) mass is 419 g/mol. The normalized spacial score (nSPS) is 21.3. The highest BCUT2D eigenvalue weighted by Crippen LogP contribution is 2.49. The second-order valence-electron chi connectivity index (χ2n) is 8.13. The molecule has 2 aliphatic heterocycles. The molecule has 1 unspecified atom stereocenters. The SMILES string of the molecule is Cc1cccc(OCC(=O)N2CC3(C2)CN(S(C)(=O)=O)CC3c2nncn2C)c1. The Morgan fingerprint density at radius 2 is 2.07 bits per heavy atom. The molecule has 4 rings (SSSR count). The Balaban J connectivity index is 1.45. The number of carbonyl (C=O) groups excluding carboxylic acids is 1. The molecule has 1 aromatic heterocycles. The van der Waals surface area contributed by atoms with Crippen LogP contribution < -0.4 is 4.74 Å². The number of rotatable bonds is 5. The van der Waals surface area contributed by atoms with Gasteiger partial charge in [0, 0.05) is 44.6 Å². The van der Waals surface area contributed by atoms with Crippen molar-refractivity contribution in [3.8, 4) is 5.75 Å². The van der Waals surface area contributed by atoms with Crippen molar-refractivity contribution < 1.29 is 17.9 Å². The number of sulfonamides is 1. The van der Waals surface area contributed by atoms with Crippen LogP contribution in [0.25, 0.3) is 0 Å². The minimum Gasteiger partial charge on any atom is -0.484 e. The second kappa shape index (κ2) is 7.10. The van der Waals surface area contributed by atoms with Gasteiger partial charge in [0.15, 0.2) is 6.61 Å². The molecule has 1 spiro atoms. The average molecular weight is 420 g/mol. The average Bonchev–Trinajstić information content (AvgIpc) is 3.21. The lowest BCUT2D eigenvalue weighted by Gasteiger charge is -2.50. The number of carbonyl (C=O) groups is 1. The van der Waals surface area contributed by atoms with Gasteiger partial charge in [-0.2, -0.15) is 0 Å². The van der Waals surface area contributed by atoms with E-state index >= 15 is 0 Å². The van der Waals surface area contributed by atoms with Crippen LogP contribution in [0.15, 0.2) is 30.6 Å². The fraction of sp³-hybridized carbons (Fsp3) is 0.526. The molecule has 0 bridgehead atoms. The quantitative estimate of drug-likeness (QED) is 0.695. The first-order valence-corrected chi connectivity index (χ1v) is 11.3. The summed E-state index contributed by atoms with van der Waals surface area (Å²) in [7, 11) is -1.48. The lowest BCUT2D eigenvalue weighted by atomic mass is 9.71. The number of benzene rings is 1. The summed E-state index contributed by atoms with van der Waals surface area (Å²) < 4.78 is 33.2. The van der Waals surface area contributed by atoms with E-state index in [4.69, 9.17) is 4.74 Å². The molecule has 10 heteroatoms. The lowest BCUT2D eigenvalue weighted by Crippen LogP contribution is -2.62. The zero-order valence-electron chi connectivity index (χ0n) is 16.8. The Morgan fingerprint density at radius 1 is 1.31 bits per heavy atom. The van der Waals surface area contributed by atoms with Crippen molar-refractivity contribution in [1.29, 1.82) is 0 Å². The molecule has 0 aliphatic carbocycles. The van der Waals surface area contributed by atoms with Gasteiger partial charge >= 0.3 is 0 Å². The molecule has 156 valence electrons. The summed E-state index contributed by atoms with van der Waals surface area (Å²) in [5, 5.41) is 8.16. The van der Waals surface area contributed by atoms with Crippen LogP contribution in [-0.2, 0) is 21.9 Å². The fourth-order valence-electron chi connectivity index (χ4n) is 4.29. The summed E-state index contributed by atoms with van der Waals surface area (Å²) in [6.45, 7) is 3.62. The fourth-order valence-corrected chi connectivity index (χ4v) is 5.20. The molecular formula is C19H25N5O4S. The van der Waals surface area contributed by atoms with Crippen LogP contribution in [0.4, 0.5) is 0 Å². The van der Waals surface area contributed by atoms with Gasteiger partial charge in [0.1, 0.15) is 17.9 Å². The molecule has 0 saturated carbocycles. The van der Waals surface area contributed by atoms with Crippen LogP contribution in [0, 0.1) is 12.3 Å². The molecular weight excluding hydrogens is 394 g/mol. The number of amides is 1. The Kier molecular flexibility index (Phi) is 4.86. The molecule has 3 heterocycles. The number of ether oxygens (including phenoxy) is 1. The van der Waals surface area contributed by atoms with Crippen LogP contribution in [0.1, 0.15) is 17.3 Å². The number of likely N-dealkylation sites (tertiary alicyclic amines) is 1. The zero-order valence-corrected chi connectivity index (χ0v) is 17.6. The van der Waals surface area contributed by atoms with E-state index in [-0.39, 0.29) is 23.8 Å². The largest absolute Gasteiger partial charge is 0.484 e. The predicted molar refractivity (Wildman–Crippen MR) is 106 cm³/mol. The van der Waals surface area contributed by atoms with Crippen LogP contribution in [-0.4, -0.2) is 77.3 Å². The molecule has 2 aliphatic rings. The van der Waals surface area contributed by atoms with Gasteiger partial charge in [-0.3, -0.25) is 4.79 Å². The van der Waals surface area contributed by atoms with Gasteiger partial charge in [0.25, 0.3) is 5.91 Å². The molecule has 0 radical (unpaired) electrons. The van der Waals surface area contributed by atoms with E-state index in [1.807, 2.05) is 42.8 Å². The number of aromatic nitrogens is 3. The summed E-state index contributed by atoms with van der Waals surface area (Å²) in [4.78, 5) is 14.3. The smallest absolute Gasteiger partial charge is 0.260 e. The molecule has 9 nitrogen and oxygen atoms in total. The highest BCUT2D eigenvalue weighted by Gasteiger charge is 2.58. The number of aryl methyl sites for hydroxylation is 2. The van der Waals surface area contributed by atoms with E-state index in [1.54, 1.807) is 11.2 Å². The standard InChI is InChI=1S/C19H25N5O4S/c1-14-5-4-6-15(7-14)28-9-17(25)23-10-19(11-23)12-24(29(3,26)27)8-16(19)18-21-20-13-22(18)2/h4-7,13,16H,8-12H2,1-3H3. The van der Waals surface area contributed by atoms with Gasteiger partial charge in [-0.25, -0.2) is 12.7 Å². The van der Waals surface area contributed by atoms with Crippen molar-refractivity contribution in [2.75, 3.05) is 39.0 Å². The van der Waals surface area contributed by atoms with Gasteiger partial charge < -0.3 is 14.2 Å². The van der Waals surface area contributed by atoms with Crippen molar-refractivity contribution in [1.82, 2.24) is 24.0 Å². The van der Waals surface area contributed by atoms with Crippen molar-refractivity contribution in [2.24, 2.45) is 12.5 Å². The molecule has 0 N–H and O–H groups in total. The molecule has 29 heavy (non-hydrogen) atoms. The summed E-state index contributed by atoms with van der Waals surface area (Å²) in [5.74, 6) is 1.20. The minimum absolute atomic E-state index is 0.0377. The summed E-state index contributed by atoms with van der Waals surface area (Å²) >= 11 is 0. The van der Waals surface area contributed by atoms with E-state index in [1.165, 1.54) is 10.6 Å². The number of hydrogen-bond acceptors (Lipinski definition) is 6. The second-order valence-corrected chi connectivity index (χ2v) is 10.1. The first-order valence-electron chi connectivity index (χ1n) is 9.44. The first kappa shape index (κ1) is 19.8. The van der Waals surface area contributed by atoms with Gasteiger partial charge in [0.05, 0.1) is 6.26 Å². The van der Waals surface area contributed by atoms with Gasteiger partial charge in [-0.05, 0) is 24.6 Å². The molecule has 2 aromatic rings. The zero-order chi connectivity index (χ0) is 20.8. The maximum Gasteiger partial charge on any atom is 0.260 e. The number of hydrogen-bond donors (Lipinski definition) is 0. The number of nitrogens with zero attached hydrogens (tertiary/aromatic N) is 5. The molecule has 2 fully saturated rings. The minimum atomic E-state index is -3.33. The van der Waals surface area contributed by atoms with Crippen molar-refractivity contribution in [2.45, 2.75) is 12.8 Å². The third kappa shape index (κ3) is 3.74. The van der Waals surface area contributed by atoms with E-state index < -0.39 is 10.0 Å². The summed E-state index contributed by atoms with van der Waals surface area (Å²) in [6.07, 6.45) is 2.83. The summed E-state index contributed by atoms with van der Waals surface area (Å²) in [5.41, 5.74) is 0.722. The van der Waals surface area contributed by atoms with Crippen molar-refractivity contribution in [3.63, 3.8) is 0 Å². The first-order chi connectivity index (χ1) is 13.7. The maximum atomic E-state index is 12.6. The molecule has 1 amide bonds. The Labute approximate surface area is 170 Å². The lowest BCUT2D eigenvalue weighted by molar-refractivity contribution is -0.145. The third-order valence-corrected chi connectivity index (χ3v) is 7.08. The molecule has 1 atom stereocenters. The Bertz CT molecular complexity index is 1030. The van der Waals surface area contributed by atoms with E-state index in [9.17, 15) is 13.2 Å². The highest BCUT2D eigenvalue weighted by atomic mass is 32.2. The van der Waals surface area contributed by atoms with Crippen LogP contribution >= 0.6 is 0 Å². The van der Waals surface area contributed by atoms with E-state index in [0.29, 0.717) is 31.9 Å². The maximum absolute atomic E-state index is 12.6. The van der Waals surface area contributed by atoms with E-state index in [2.05, 4.69) is 10.2 Å². The predicted octanol–water partition coefficient (Wildman–Crippen LogP) is 0.390. The Hall–Kier alpha value is -2.46. The molecule has 1 aromatic carbocycles. The topological polar surface area (TPSA) is 97.6 Å². The van der Waals surface area contributed by atoms with Crippen molar-refractivity contribution >= 4 is 15.9 Å². The van der Waals surface area contributed by atoms with Crippen LogP contribution in [0.5, 0.6) is 5.75 Å². The van der Waals surface area contributed by atoms with Crippen LogP contribution in [0.2, 0.25) is 0 Å². The van der Waals surface area contributed by atoms with E-state index in [0.717, 1.165) is 11.4 Å². The Morgan fingerprint density at radius 3 is 2.69 bits per heavy atom. The van der Waals surface area contributed by atoms with Crippen LogP contribution in [0.3, 0.4) is 0 Å². The third-order valence-electron chi connectivity index (χ3n) is 5.86. The highest BCUT2D eigenvalue weighted by molar-refractivity contribution is 7.88. The van der Waals surface area contributed by atoms with Gasteiger partial charge in [0.2, 0.25) is 10.0 Å². The summed E-state index contributed by atoms with van der Waals surface area (Å²) in [6, 6.07) is 7.56. The van der Waals surface area contributed by atoms with Crippen molar-refractivity contribution in [3.05, 3.63) is 42.0 Å². The molecule has 2 saturated heterocycles.